The summed E-state index contributed by atoms with van der Waals surface area (Å²) in [7, 11) is 3.93. The summed E-state index contributed by atoms with van der Waals surface area (Å²) in [6.07, 6.45) is 6.02. The van der Waals surface area contributed by atoms with E-state index in [9.17, 15) is 4.79 Å². The standard InChI is InChI=1S/C18H24IN5O2/c1-24(2)16-9-10-20-18(23-16)22-13-5-3-12(4-6-13)11-21-17(25)14-7-8-15(19)26-14/h7-10,12-13H,3-6,11H2,1-2H3,(H,21,25)(H,20,22,23). The molecule has 7 nitrogen and oxygen atoms in total. The number of carbonyl (C=O) groups excluding carboxylic acids is 1. The van der Waals surface area contributed by atoms with Gasteiger partial charge in [-0.25, -0.2) is 4.98 Å². The number of hydrogen-bond acceptors (Lipinski definition) is 6. The van der Waals surface area contributed by atoms with E-state index < -0.39 is 0 Å². The smallest absolute Gasteiger partial charge is 0.287 e. The first-order valence-electron chi connectivity index (χ1n) is 8.81. The first-order valence-corrected chi connectivity index (χ1v) is 9.89. The van der Waals surface area contributed by atoms with Crippen LogP contribution in [0.4, 0.5) is 11.8 Å². The zero-order valence-corrected chi connectivity index (χ0v) is 17.2. The lowest BCUT2D eigenvalue weighted by molar-refractivity contribution is 0.0914. The Morgan fingerprint density at radius 3 is 2.69 bits per heavy atom. The van der Waals surface area contributed by atoms with Gasteiger partial charge < -0.3 is 20.0 Å². The van der Waals surface area contributed by atoms with Crippen LogP contribution in [0, 0.1) is 9.68 Å². The van der Waals surface area contributed by atoms with Gasteiger partial charge in [-0.3, -0.25) is 4.79 Å². The third-order valence-electron chi connectivity index (χ3n) is 4.63. The van der Waals surface area contributed by atoms with Crippen LogP contribution in [-0.4, -0.2) is 42.6 Å². The van der Waals surface area contributed by atoms with Gasteiger partial charge in [-0.15, -0.1) is 0 Å². The van der Waals surface area contributed by atoms with Gasteiger partial charge in [0, 0.05) is 32.9 Å². The van der Waals surface area contributed by atoms with E-state index in [-0.39, 0.29) is 5.91 Å². The van der Waals surface area contributed by atoms with E-state index in [4.69, 9.17) is 4.42 Å². The molecule has 8 heteroatoms. The summed E-state index contributed by atoms with van der Waals surface area (Å²) in [5, 5.41) is 6.42. The maximum Gasteiger partial charge on any atom is 0.287 e. The molecule has 1 aliphatic rings. The van der Waals surface area contributed by atoms with Crippen molar-refractivity contribution in [3.8, 4) is 0 Å². The van der Waals surface area contributed by atoms with E-state index in [0.717, 1.165) is 35.3 Å². The lowest BCUT2D eigenvalue weighted by atomic mass is 9.86. The number of hydrogen-bond donors (Lipinski definition) is 2. The van der Waals surface area contributed by atoms with E-state index in [0.29, 0.717) is 30.2 Å². The van der Waals surface area contributed by atoms with Crippen LogP contribution >= 0.6 is 22.6 Å². The van der Waals surface area contributed by atoms with Gasteiger partial charge in [-0.1, -0.05) is 0 Å². The fourth-order valence-corrected chi connectivity index (χ4v) is 3.54. The number of nitrogens with one attached hydrogen (secondary N) is 2. The molecule has 26 heavy (non-hydrogen) atoms. The molecule has 1 amide bonds. The van der Waals surface area contributed by atoms with Crippen molar-refractivity contribution in [2.24, 2.45) is 5.92 Å². The van der Waals surface area contributed by atoms with Gasteiger partial charge in [-0.2, -0.15) is 4.98 Å². The van der Waals surface area contributed by atoms with Crippen molar-refractivity contribution in [3.05, 3.63) is 33.9 Å². The zero-order valence-electron chi connectivity index (χ0n) is 15.0. The van der Waals surface area contributed by atoms with Gasteiger partial charge in [0.15, 0.2) is 9.53 Å². The number of nitrogens with zero attached hydrogens (tertiary/aromatic N) is 3. The number of aromatic nitrogens is 2. The SMILES string of the molecule is CN(C)c1ccnc(NC2CCC(CNC(=O)c3ccc(I)o3)CC2)n1. The third kappa shape index (κ3) is 5.09. The summed E-state index contributed by atoms with van der Waals surface area (Å²) in [5.74, 6) is 2.32. The van der Waals surface area contributed by atoms with Crippen molar-refractivity contribution in [2.45, 2.75) is 31.7 Å². The maximum absolute atomic E-state index is 12.1. The Bertz CT molecular complexity index is 741. The van der Waals surface area contributed by atoms with Crippen LogP contribution in [0.3, 0.4) is 0 Å². The summed E-state index contributed by atoms with van der Waals surface area (Å²) >= 11 is 2.06. The lowest BCUT2D eigenvalue weighted by Crippen LogP contribution is -2.34. The number of anilines is 2. The van der Waals surface area contributed by atoms with Crippen molar-refractivity contribution in [2.75, 3.05) is 30.9 Å². The molecule has 0 unspecified atom stereocenters. The molecule has 2 aromatic rings. The topological polar surface area (TPSA) is 83.3 Å². The molecule has 0 spiro atoms. The van der Waals surface area contributed by atoms with Gasteiger partial charge in [0.05, 0.1) is 0 Å². The predicted molar refractivity (Wildman–Crippen MR) is 109 cm³/mol. The molecule has 0 aliphatic heterocycles. The molecule has 0 saturated heterocycles. The average molecular weight is 469 g/mol. The molecule has 3 rings (SSSR count). The number of halogens is 1. The molecule has 1 aliphatic carbocycles. The molecule has 0 aromatic carbocycles. The second-order valence-electron chi connectivity index (χ2n) is 6.81. The Hall–Kier alpha value is -1.84. The van der Waals surface area contributed by atoms with Crippen molar-refractivity contribution in [1.29, 1.82) is 0 Å². The molecule has 0 atom stereocenters. The molecule has 2 aromatic heterocycles. The minimum Gasteiger partial charge on any atom is -0.445 e. The van der Waals surface area contributed by atoms with Crippen molar-refractivity contribution >= 4 is 40.3 Å². The quantitative estimate of drug-likeness (QED) is 0.633. The van der Waals surface area contributed by atoms with E-state index in [1.165, 1.54) is 0 Å². The highest BCUT2D eigenvalue weighted by molar-refractivity contribution is 14.1. The minimum atomic E-state index is -0.137. The maximum atomic E-state index is 12.1. The normalized spacial score (nSPS) is 19.8. The predicted octanol–water partition coefficient (Wildman–Crippen LogP) is 3.14. The summed E-state index contributed by atoms with van der Waals surface area (Å²) in [6.45, 7) is 0.690. The highest BCUT2D eigenvalue weighted by Gasteiger charge is 2.22. The second kappa shape index (κ2) is 8.70. The van der Waals surface area contributed by atoms with Crippen LogP contribution in [0.1, 0.15) is 36.2 Å². The summed E-state index contributed by atoms with van der Waals surface area (Å²) in [6, 6.07) is 5.77. The van der Waals surface area contributed by atoms with Gasteiger partial charge in [0.25, 0.3) is 5.91 Å². The van der Waals surface area contributed by atoms with Crippen molar-refractivity contribution in [1.82, 2.24) is 15.3 Å². The molecule has 0 radical (unpaired) electrons. The van der Waals surface area contributed by atoms with Crippen LogP contribution in [0.15, 0.2) is 28.8 Å². The number of rotatable bonds is 6. The van der Waals surface area contributed by atoms with Crippen molar-refractivity contribution in [3.63, 3.8) is 0 Å². The fourth-order valence-electron chi connectivity index (χ4n) is 3.12. The van der Waals surface area contributed by atoms with E-state index in [1.807, 2.05) is 25.1 Å². The van der Waals surface area contributed by atoms with Gasteiger partial charge in [-0.05, 0) is 72.4 Å². The van der Waals surface area contributed by atoms with Gasteiger partial charge in [0.1, 0.15) is 5.82 Å². The number of carbonyl (C=O) groups is 1. The minimum absolute atomic E-state index is 0.137. The lowest BCUT2D eigenvalue weighted by Gasteiger charge is -2.29. The van der Waals surface area contributed by atoms with Crippen LogP contribution in [0.25, 0.3) is 0 Å². The molecule has 1 saturated carbocycles. The zero-order chi connectivity index (χ0) is 18.5. The first kappa shape index (κ1) is 18.9. The van der Waals surface area contributed by atoms with Crippen LogP contribution < -0.4 is 15.5 Å². The average Bonchev–Trinajstić information content (AvgIpc) is 3.07. The molecule has 1 fully saturated rings. The Morgan fingerprint density at radius 2 is 2.04 bits per heavy atom. The number of amides is 1. The monoisotopic (exact) mass is 469 g/mol. The molecular formula is C18H24IN5O2. The summed E-state index contributed by atoms with van der Waals surface area (Å²) in [4.78, 5) is 22.8. The molecule has 0 bridgehead atoms. The molecular weight excluding hydrogens is 445 g/mol. The fraction of sp³-hybridized carbons (Fsp3) is 0.500. The van der Waals surface area contributed by atoms with Gasteiger partial charge >= 0.3 is 0 Å². The second-order valence-corrected chi connectivity index (χ2v) is 7.87. The largest absolute Gasteiger partial charge is 0.445 e. The Balaban J connectivity index is 1.43. The Labute approximate surface area is 167 Å². The van der Waals surface area contributed by atoms with Crippen molar-refractivity contribution < 1.29 is 9.21 Å². The Morgan fingerprint density at radius 1 is 1.27 bits per heavy atom. The molecule has 2 N–H and O–H groups in total. The molecule has 2 heterocycles. The molecule has 140 valence electrons. The number of furan rings is 1. The summed E-state index contributed by atoms with van der Waals surface area (Å²) < 4.78 is 6.06. The van der Waals surface area contributed by atoms with E-state index in [2.05, 4.69) is 43.2 Å². The Kier molecular flexibility index (Phi) is 6.33. The highest BCUT2D eigenvalue weighted by Crippen LogP contribution is 2.26. The van der Waals surface area contributed by atoms with Crippen LogP contribution in [0.2, 0.25) is 0 Å². The highest BCUT2D eigenvalue weighted by atomic mass is 127. The van der Waals surface area contributed by atoms with E-state index in [1.54, 1.807) is 18.3 Å². The summed E-state index contributed by atoms with van der Waals surface area (Å²) in [5.41, 5.74) is 0. The first-order chi connectivity index (χ1) is 12.5. The van der Waals surface area contributed by atoms with Gasteiger partial charge in [0.2, 0.25) is 5.95 Å². The van der Waals surface area contributed by atoms with E-state index >= 15 is 0 Å². The van der Waals surface area contributed by atoms with Crippen LogP contribution in [0.5, 0.6) is 0 Å². The van der Waals surface area contributed by atoms with Crippen LogP contribution in [-0.2, 0) is 0 Å². The third-order valence-corrected chi connectivity index (χ3v) is 5.21.